The Labute approximate surface area is 107 Å². The molecule has 1 heterocycles. The molecule has 0 unspecified atom stereocenters. The van der Waals surface area contributed by atoms with Crippen LogP contribution in [0.2, 0.25) is 0 Å². The van der Waals surface area contributed by atoms with Gasteiger partial charge in [0.1, 0.15) is 10.8 Å². The van der Waals surface area contributed by atoms with E-state index in [1.54, 1.807) is 12.1 Å². The Balaban J connectivity index is 2.28. The molecule has 0 fully saturated rings. The summed E-state index contributed by atoms with van der Waals surface area (Å²) in [4.78, 5) is 5.23. The van der Waals surface area contributed by atoms with Crippen LogP contribution >= 0.6 is 27.7 Å². The SMILES string of the molecule is Cc1nc(Sc2ccccc2O)ccc1Br. The summed E-state index contributed by atoms with van der Waals surface area (Å²) in [6.07, 6.45) is 0. The first-order chi connectivity index (χ1) is 7.66. The number of aryl methyl sites for hydroxylation is 1. The van der Waals surface area contributed by atoms with Gasteiger partial charge in [-0.3, -0.25) is 0 Å². The quantitative estimate of drug-likeness (QED) is 0.909. The van der Waals surface area contributed by atoms with Crippen LogP contribution in [0.4, 0.5) is 0 Å². The largest absolute Gasteiger partial charge is 0.507 e. The summed E-state index contributed by atoms with van der Waals surface area (Å²) in [5.74, 6) is 0.287. The number of hydrogen-bond acceptors (Lipinski definition) is 3. The van der Waals surface area contributed by atoms with E-state index in [-0.39, 0.29) is 5.75 Å². The zero-order valence-electron chi connectivity index (χ0n) is 8.64. The summed E-state index contributed by atoms with van der Waals surface area (Å²) in [6, 6.07) is 11.1. The Bertz CT molecular complexity index is 516. The van der Waals surface area contributed by atoms with Crippen LogP contribution in [-0.4, -0.2) is 10.1 Å². The van der Waals surface area contributed by atoms with Crippen molar-refractivity contribution in [2.45, 2.75) is 16.8 Å². The topological polar surface area (TPSA) is 33.1 Å². The van der Waals surface area contributed by atoms with Crippen LogP contribution in [0.3, 0.4) is 0 Å². The number of nitrogens with zero attached hydrogens (tertiary/aromatic N) is 1. The van der Waals surface area contributed by atoms with Gasteiger partial charge in [0.05, 0.1) is 10.6 Å². The van der Waals surface area contributed by atoms with Crippen LogP contribution in [0.5, 0.6) is 5.75 Å². The number of hydrogen-bond donors (Lipinski definition) is 1. The van der Waals surface area contributed by atoms with Crippen molar-refractivity contribution in [2.24, 2.45) is 0 Å². The van der Waals surface area contributed by atoms with Crippen molar-refractivity contribution >= 4 is 27.7 Å². The highest BCUT2D eigenvalue weighted by Gasteiger charge is 2.04. The predicted molar refractivity (Wildman–Crippen MR) is 68.9 cm³/mol. The zero-order valence-corrected chi connectivity index (χ0v) is 11.0. The first kappa shape index (κ1) is 11.5. The maximum atomic E-state index is 9.64. The lowest BCUT2D eigenvalue weighted by atomic mass is 10.3. The van der Waals surface area contributed by atoms with Gasteiger partial charge >= 0.3 is 0 Å². The average Bonchev–Trinajstić information content (AvgIpc) is 2.27. The van der Waals surface area contributed by atoms with Gasteiger partial charge in [-0.25, -0.2) is 4.98 Å². The minimum atomic E-state index is 0.287. The van der Waals surface area contributed by atoms with Gasteiger partial charge < -0.3 is 5.11 Å². The van der Waals surface area contributed by atoms with Crippen LogP contribution in [0.25, 0.3) is 0 Å². The Morgan fingerprint density at radius 3 is 2.62 bits per heavy atom. The molecule has 1 aromatic heterocycles. The lowest BCUT2D eigenvalue weighted by molar-refractivity contribution is 0.462. The molecule has 2 nitrogen and oxygen atoms in total. The van der Waals surface area contributed by atoms with Crippen LogP contribution in [0.1, 0.15) is 5.69 Å². The summed E-state index contributed by atoms with van der Waals surface area (Å²) in [6.45, 7) is 1.94. The van der Waals surface area contributed by atoms with E-state index in [0.29, 0.717) is 0 Å². The molecule has 0 saturated heterocycles. The second-order valence-electron chi connectivity index (χ2n) is 3.29. The van der Waals surface area contributed by atoms with Crippen LogP contribution in [0.15, 0.2) is 50.8 Å². The van der Waals surface area contributed by atoms with Crippen LogP contribution < -0.4 is 0 Å². The monoisotopic (exact) mass is 295 g/mol. The standard InChI is InChI=1S/C12H10BrNOS/c1-8-9(13)6-7-12(14-8)16-11-5-3-2-4-10(11)15/h2-7,15H,1H3. The summed E-state index contributed by atoms with van der Waals surface area (Å²) in [7, 11) is 0. The molecule has 0 saturated carbocycles. The van der Waals surface area contributed by atoms with E-state index in [1.807, 2.05) is 31.2 Å². The summed E-state index contributed by atoms with van der Waals surface area (Å²) in [5, 5.41) is 10.5. The minimum Gasteiger partial charge on any atom is -0.507 e. The van der Waals surface area contributed by atoms with E-state index >= 15 is 0 Å². The number of phenolic OH excluding ortho intramolecular Hbond substituents is 1. The van der Waals surface area contributed by atoms with Crippen molar-refractivity contribution in [3.05, 3.63) is 46.6 Å². The first-order valence-corrected chi connectivity index (χ1v) is 6.37. The second kappa shape index (κ2) is 4.89. The van der Waals surface area contributed by atoms with Gasteiger partial charge in [0.25, 0.3) is 0 Å². The number of aromatic nitrogens is 1. The minimum absolute atomic E-state index is 0.287. The molecule has 82 valence electrons. The van der Waals surface area contributed by atoms with Crippen molar-refractivity contribution in [1.82, 2.24) is 4.98 Å². The third-order valence-corrected chi connectivity index (χ3v) is 3.92. The van der Waals surface area contributed by atoms with Crippen molar-refractivity contribution in [2.75, 3.05) is 0 Å². The number of benzene rings is 1. The lowest BCUT2D eigenvalue weighted by Crippen LogP contribution is -1.85. The van der Waals surface area contributed by atoms with E-state index in [2.05, 4.69) is 20.9 Å². The van der Waals surface area contributed by atoms with Gasteiger partial charge in [0, 0.05) is 4.47 Å². The third-order valence-electron chi connectivity index (χ3n) is 2.08. The van der Waals surface area contributed by atoms with Crippen LogP contribution in [0, 0.1) is 6.92 Å². The maximum absolute atomic E-state index is 9.64. The highest BCUT2D eigenvalue weighted by Crippen LogP contribution is 2.33. The fourth-order valence-corrected chi connectivity index (χ4v) is 2.32. The number of halogens is 1. The lowest BCUT2D eigenvalue weighted by Gasteiger charge is -2.04. The van der Waals surface area contributed by atoms with Gasteiger partial charge in [-0.2, -0.15) is 0 Å². The Morgan fingerprint density at radius 1 is 1.19 bits per heavy atom. The van der Waals surface area contributed by atoms with Gasteiger partial charge in [-0.1, -0.05) is 23.9 Å². The highest BCUT2D eigenvalue weighted by molar-refractivity contribution is 9.10. The average molecular weight is 296 g/mol. The molecular weight excluding hydrogens is 286 g/mol. The summed E-state index contributed by atoms with van der Waals surface area (Å²) < 4.78 is 0.995. The third kappa shape index (κ3) is 2.57. The normalized spacial score (nSPS) is 10.4. The number of phenols is 1. The smallest absolute Gasteiger partial charge is 0.129 e. The van der Waals surface area contributed by atoms with Crippen molar-refractivity contribution in [3.63, 3.8) is 0 Å². The van der Waals surface area contributed by atoms with E-state index < -0.39 is 0 Å². The molecule has 0 aliphatic heterocycles. The molecule has 0 spiro atoms. The van der Waals surface area contributed by atoms with Crippen molar-refractivity contribution < 1.29 is 5.11 Å². The molecule has 16 heavy (non-hydrogen) atoms. The number of para-hydroxylation sites is 1. The fraction of sp³-hybridized carbons (Fsp3) is 0.0833. The molecule has 2 rings (SSSR count). The second-order valence-corrected chi connectivity index (χ2v) is 5.20. The molecule has 2 aromatic rings. The molecule has 0 aliphatic rings. The van der Waals surface area contributed by atoms with E-state index in [0.717, 1.165) is 20.1 Å². The van der Waals surface area contributed by atoms with Gasteiger partial charge in [-0.15, -0.1) is 0 Å². The molecule has 4 heteroatoms. The fourth-order valence-electron chi connectivity index (χ4n) is 1.23. The van der Waals surface area contributed by atoms with Crippen molar-refractivity contribution in [1.29, 1.82) is 0 Å². The Morgan fingerprint density at radius 2 is 1.94 bits per heavy atom. The number of pyridine rings is 1. The first-order valence-electron chi connectivity index (χ1n) is 4.76. The number of aromatic hydroxyl groups is 1. The maximum Gasteiger partial charge on any atom is 0.129 e. The molecule has 1 N–H and O–H groups in total. The van der Waals surface area contributed by atoms with Crippen LogP contribution in [-0.2, 0) is 0 Å². The predicted octanol–water partition coefficient (Wildman–Crippen LogP) is 4.01. The molecular formula is C12H10BrNOS. The zero-order chi connectivity index (χ0) is 11.5. The van der Waals surface area contributed by atoms with Gasteiger partial charge in [0.15, 0.2) is 0 Å². The van der Waals surface area contributed by atoms with E-state index in [1.165, 1.54) is 11.8 Å². The van der Waals surface area contributed by atoms with E-state index in [9.17, 15) is 5.11 Å². The molecule has 0 radical (unpaired) electrons. The Hall–Kier alpha value is -1.00. The highest BCUT2D eigenvalue weighted by atomic mass is 79.9. The van der Waals surface area contributed by atoms with E-state index in [4.69, 9.17) is 0 Å². The molecule has 0 amide bonds. The molecule has 0 atom stereocenters. The Kier molecular flexibility index (Phi) is 3.51. The summed E-state index contributed by atoms with van der Waals surface area (Å²) in [5.41, 5.74) is 0.945. The summed E-state index contributed by atoms with van der Waals surface area (Å²) >= 11 is 4.86. The van der Waals surface area contributed by atoms with Gasteiger partial charge in [-0.05, 0) is 47.1 Å². The van der Waals surface area contributed by atoms with Crippen molar-refractivity contribution in [3.8, 4) is 5.75 Å². The molecule has 0 bridgehead atoms. The molecule has 1 aromatic carbocycles. The number of rotatable bonds is 2. The molecule has 0 aliphatic carbocycles. The van der Waals surface area contributed by atoms with Gasteiger partial charge in [0.2, 0.25) is 0 Å².